The molecule has 0 spiro atoms. The molecule has 0 aliphatic heterocycles. The lowest BCUT2D eigenvalue weighted by atomic mass is 10.1. The van der Waals surface area contributed by atoms with E-state index in [0.29, 0.717) is 23.8 Å². The van der Waals surface area contributed by atoms with Crippen molar-refractivity contribution in [2.24, 2.45) is 0 Å². The van der Waals surface area contributed by atoms with Crippen LogP contribution >= 0.6 is 23.1 Å². The van der Waals surface area contributed by atoms with Crippen molar-refractivity contribution in [2.45, 2.75) is 31.7 Å². The number of thiazole rings is 1. The van der Waals surface area contributed by atoms with Crippen molar-refractivity contribution in [2.75, 3.05) is 17.8 Å². The molecule has 7 heteroatoms. The number of anilines is 1. The number of hydrogen-bond acceptors (Lipinski definition) is 6. The molecule has 1 amide bonds. The fourth-order valence-electron chi connectivity index (χ4n) is 3.36. The van der Waals surface area contributed by atoms with Crippen LogP contribution in [0, 0.1) is 13.8 Å². The quantitative estimate of drug-likeness (QED) is 0.297. The van der Waals surface area contributed by atoms with E-state index in [1.807, 2.05) is 36.4 Å². The third-order valence-corrected chi connectivity index (χ3v) is 6.93. The van der Waals surface area contributed by atoms with E-state index in [1.165, 1.54) is 5.56 Å². The van der Waals surface area contributed by atoms with E-state index in [4.69, 9.17) is 14.1 Å². The van der Waals surface area contributed by atoms with Gasteiger partial charge in [0.25, 0.3) is 0 Å². The topological polar surface area (TPSA) is 55.6 Å². The Bertz CT molecular complexity index is 1170. The molecule has 4 aromatic rings. The van der Waals surface area contributed by atoms with Crippen molar-refractivity contribution in [3.8, 4) is 5.75 Å². The van der Waals surface area contributed by atoms with Crippen LogP contribution in [0.5, 0.6) is 5.75 Å². The molecule has 0 aliphatic carbocycles. The number of fused-ring (bicyclic) bond motifs is 1. The van der Waals surface area contributed by atoms with Gasteiger partial charge >= 0.3 is 0 Å². The van der Waals surface area contributed by atoms with Gasteiger partial charge in [0.2, 0.25) is 5.91 Å². The van der Waals surface area contributed by atoms with E-state index >= 15 is 0 Å². The number of carbonyl (C=O) groups is 1. The standard InChI is InChI=1S/C24H24N2O3S2/c1-16-13-17(2)23-21(14-16)31-24(25-23)26(15-19-5-4-11-29-19)22(27)10-12-30-20-8-6-18(28-3)7-9-20/h4-9,11,13-14H,10,12,15H2,1-3H3. The fourth-order valence-corrected chi connectivity index (χ4v) is 5.36. The Balaban J connectivity index is 1.51. The second-order valence-corrected chi connectivity index (χ2v) is 9.44. The summed E-state index contributed by atoms with van der Waals surface area (Å²) in [5, 5.41) is 0.708. The van der Waals surface area contributed by atoms with E-state index < -0.39 is 0 Å². The summed E-state index contributed by atoms with van der Waals surface area (Å²) in [5.74, 6) is 2.28. The average molecular weight is 453 g/mol. The van der Waals surface area contributed by atoms with Crippen LogP contribution in [-0.4, -0.2) is 23.8 Å². The first kappa shape index (κ1) is 21.5. The summed E-state index contributed by atoms with van der Waals surface area (Å²) in [7, 11) is 1.65. The molecule has 0 unspecified atom stereocenters. The number of amides is 1. The fraction of sp³-hybridized carbons (Fsp3) is 0.250. The summed E-state index contributed by atoms with van der Waals surface area (Å²) in [6, 6.07) is 15.8. The van der Waals surface area contributed by atoms with Gasteiger partial charge in [-0.2, -0.15) is 0 Å². The van der Waals surface area contributed by atoms with Gasteiger partial charge in [-0.25, -0.2) is 4.98 Å². The normalized spacial score (nSPS) is 11.1. The molecule has 0 N–H and O–H groups in total. The van der Waals surface area contributed by atoms with Gasteiger partial charge in [0, 0.05) is 17.1 Å². The van der Waals surface area contributed by atoms with Crippen molar-refractivity contribution in [1.82, 2.24) is 4.98 Å². The first-order chi connectivity index (χ1) is 15.0. The van der Waals surface area contributed by atoms with Crippen molar-refractivity contribution >= 4 is 44.4 Å². The zero-order valence-corrected chi connectivity index (χ0v) is 19.4. The molecule has 2 aromatic heterocycles. The molecule has 0 bridgehead atoms. The first-order valence-corrected chi connectivity index (χ1v) is 11.8. The maximum Gasteiger partial charge on any atom is 0.230 e. The van der Waals surface area contributed by atoms with E-state index in [9.17, 15) is 4.79 Å². The van der Waals surface area contributed by atoms with Crippen molar-refractivity contribution < 1.29 is 13.9 Å². The van der Waals surface area contributed by atoms with Crippen LogP contribution in [0.3, 0.4) is 0 Å². The molecular formula is C24H24N2O3S2. The van der Waals surface area contributed by atoms with Crippen LogP contribution in [0.4, 0.5) is 5.13 Å². The Kier molecular flexibility index (Phi) is 6.63. The zero-order valence-electron chi connectivity index (χ0n) is 17.8. The average Bonchev–Trinajstić information content (AvgIpc) is 3.42. The number of benzene rings is 2. The van der Waals surface area contributed by atoms with Gasteiger partial charge in [-0.05, 0) is 67.4 Å². The van der Waals surface area contributed by atoms with Gasteiger partial charge in [0.15, 0.2) is 5.13 Å². The molecule has 2 aromatic carbocycles. The molecule has 0 saturated carbocycles. The molecule has 5 nitrogen and oxygen atoms in total. The van der Waals surface area contributed by atoms with Crippen LogP contribution in [-0.2, 0) is 11.3 Å². The number of aryl methyl sites for hydroxylation is 2. The highest BCUT2D eigenvalue weighted by Gasteiger charge is 2.21. The number of hydrogen-bond donors (Lipinski definition) is 0. The van der Waals surface area contributed by atoms with Crippen molar-refractivity contribution in [3.63, 3.8) is 0 Å². The van der Waals surface area contributed by atoms with E-state index in [-0.39, 0.29) is 5.91 Å². The van der Waals surface area contributed by atoms with Crippen molar-refractivity contribution in [1.29, 1.82) is 0 Å². The maximum absolute atomic E-state index is 13.2. The maximum atomic E-state index is 13.2. The summed E-state index contributed by atoms with van der Waals surface area (Å²) in [4.78, 5) is 20.9. The van der Waals surface area contributed by atoms with E-state index in [1.54, 1.807) is 41.4 Å². The summed E-state index contributed by atoms with van der Waals surface area (Å²) < 4.78 is 11.8. The predicted molar refractivity (Wildman–Crippen MR) is 127 cm³/mol. The number of rotatable bonds is 8. The third kappa shape index (κ3) is 5.11. The minimum atomic E-state index is 0.0332. The van der Waals surface area contributed by atoms with Gasteiger partial charge in [0.05, 0.1) is 30.1 Å². The molecule has 0 atom stereocenters. The van der Waals surface area contributed by atoms with Crippen molar-refractivity contribution in [3.05, 3.63) is 71.7 Å². The highest BCUT2D eigenvalue weighted by molar-refractivity contribution is 7.99. The van der Waals surface area contributed by atoms with Gasteiger partial charge in [-0.3, -0.25) is 9.69 Å². The minimum absolute atomic E-state index is 0.0332. The molecule has 0 fully saturated rings. The first-order valence-electron chi connectivity index (χ1n) is 10.0. The van der Waals surface area contributed by atoms with Gasteiger partial charge in [-0.1, -0.05) is 17.4 Å². The lowest BCUT2D eigenvalue weighted by molar-refractivity contribution is -0.118. The Hall–Kier alpha value is -2.77. The smallest absolute Gasteiger partial charge is 0.230 e. The zero-order chi connectivity index (χ0) is 21.8. The number of nitrogens with zero attached hydrogens (tertiary/aromatic N) is 2. The highest BCUT2D eigenvalue weighted by Crippen LogP contribution is 2.33. The van der Waals surface area contributed by atoms with Crippen LogP contribution in [0.25, 0.3) is 10.2 Å². The molecule has 2 heterocycles. The molecule has 160 valence electrons. The predicted octanol–water partition coefficient (Wildman–Crippen LogP) is 6.23. The number of thioether (sulfide) groups is 1. The Morgan fingerprint density at radius 3 is 2.71 bits per heavy atom. The monoisotopic (exact) mass is 452 g/mol. The number of carbonyl (C=O) groups excluding carboxylic acids is 1. The summed E-state index contributed by atoms with van der Waals surface area (Å²) in [5.41, 5.74) is 3.27. The molecule has 0 aliphatic rings. The van der Waals surface area contributed by atoms with Crippen LogP contribution in [0.15, 0.2) is 64.1 Å². The van der Waals surface area contributed by atoms with E-state index in [2.05, 4.69) is 26.0 Å². The largest absolute Gasteiger partial charge is 0.497 e. The molecule has 0 radical (unpaired) electrons. The lowest BCUT2D eigenvalue weighted by Gasteiger charge is -2.18. The summed E-state index contributed by atoms with van der Waals surface area (Å²) in [6.45, 7) is 4.51. The minimum Gasteiger partial charge on any atom is -0.497 e. The summed E-state index contributed by atoms with van der Waals surface area (Å²) in [6.07, 6.45) is 2.04. The lowest BCUT2D eigenvalue weighted by Crippen LogP contribution is -2.30. The highest BCUT2D eigenvalue weighted by atomic mass is 32.2. The second kappa shape index (κ2) is 9.58. The summed E-state index contributed by atoms with van der Waals surface area (Å²) >= 11 is 3.20. The van der Waals surface area contributed by atoms with Crippen LogP contribution in [0.1, 0.15) is 23.3 Å². The number of methoxy groups -OCH3 is 1. The van der Waals surface area contributed by atoms with Crippen LogP contribution < -0.4 is 9.64 Å². The number of ether oxygens (including phenoxy) is 1. The number of aromatic nitrogens is 1. The Morgan fingerprint density at radius 1 is 1.19 bits per heavy atom. The third-order valence-electron chi connectivity index (χ3n) is 4.89. The Labute approximate surface area is 190 Å². The SMILES string of the molecule is COc1ccc(SCCC(=O)N(Cc2ccco2)c2nc3c(C)cc(C)cc3s2)cc1. The molecule has 0 saturated heterocycles. The van der Waals surface area contributed by atoms with Gasteiger partial charge in [0.1, 0.15) is 11.5 Å². The van der Waals surface area contributed by atoms with E-state index in [0.717, 1.165) is 32.2 Å². The molecule has 31 heavy (non-hydrogen) atoms. The number of furan rings is 1. The molecule has 4 rings (SSSR count). The second-order valence-electron chi connectivity index (χ2n) is 7.26. The van der Waals surface area contributed by atoms with Gasteiger partial charge in [-0.15, -0.1) is 11.8 Å². The Morgan fingerprint density at radius 2 is 2.00 bits per heavy atom. The van der Waals surface area contributed by atoms with Crippen LogP contribution in [0.2, 0.25) is 0 Å². The molecular weight excluding hydrogens is 428 g/mol. The van der Waals surface area contributed by atoms with Gasteiger partial charge < -0.3 is 9.15 Å².